The number of ketones is 1. The monoisotopic (exact) mass is 352 g/mol. The molecule has 3 aromatic rings. The van der Waals surface area contributed by atoms with Crippen LogP contribution in [0.2, 0.25) is 0 Å². The van der Waals surface area contributed by atoms with Gasteiger partial charge in [-0.15, -0.1) is 0 Å². The first-order valence-electron chi connectivity index (χ1n) is 8.31. The first-order chi connectivity index (χ1) is 12.5. The van der Waals surface area contributed by atoms with Crippen LogP contribution < -0.4 is 14.4 Å². The van der Waals surface area contributed by atoms with Crippen LogP contribution in [0.25, 0.3) is 17.0 Å². The summed E-state index contributed by atoms with van der Waals surface area (Å²) in [7, 11) is 7.18. The molecule has 0 saturated heterocycles. The molecule has 26 heavy (non-hydrogen) atoms. The van der Waals surface area contributed by atoms with Crippen LogP contribution in [0.15, 0.2) is 53.1 Å². The summed E-state index contributed by atoms with van der Waals surface area (Å²) in [5, 5.41) is 0.735. The van der Waals surface area contributed by atoms with E-state index in [4.69, 9.17) is 13.9 Å². The van der Waals surface area contributed by atoms with E-state index in [-0.39, 0.29) is 5.78 Å². The number of quaternary nitrogens is 1. The van der Waals surface area contributed by atoms with Crippen molar-refractivity contribution in [3.8, 4) is 11.5 Å². The molecule has 1 N–H and O–H groups in total. The first kappa shape index (κ1) is 17.8. The van der Waals surface area contributed by atoms with E-state index in [1.165, 1.54) is 0 Å². The van der Waals surface area contributed by atoms with Crippen molar-refractivity contribution < 1.29 is 23.6 Å². The minimum absolute atomic E-state index is 0.104. The van der Waals surface area contributed by atoms with Gasteiger partial charge in [0.15, 0.2) is 5.78 Å². The van der Waals surface area contributed by atoms with E-state index in [0.29, 0.717) is 34.0 Å². The summed E-state index contributed by atoms with van der Waals surface area (Å²) in [4.78, 5) is 14.3. The summed E-state index contributed by atoms with van der Waals surface area (Å²) in [5.74, 6) is 1.82. The van der Waals surface area contributed by atoms with Gasteiger partial charge in [-0.3, -0.25) is 4.79 Å². The number of ether oxygens (including phenoxy) is 2. The Kier molecular flexibility index (Phi) is 5.09. The van der Waals surface area contributed by atoms with Gasteiger partial charge in [0, 0.05) is 17.0 Å². The molecule has 0 unspecified atom stereocenters. The summed E-state index contributed by atoms with van der Waals surface area (Å²) in [6.45, 7) is 0. The van der Waals surface area contributed by atoms with E-state index in [1.807, 2.05) is 44.6 Å². The molecule has 5 heteroatoms. The maximum atomic E-state index is 13.2. The van der Waals surface area contributed by atoms with Crippen molar-refractivity contribution in [1.82, 2.24) is 0 Å². The van der Waals surface area contributed by atoms with E-state index in [0.717, 1.165) is 10.3 Å². The molecule has 0 atom stereocenters. The van der Waals surface area contributed by atoms with Crippen molar-refractivity contribution in [2.24, 2.45) is 0 Å². The second-order valence-corrected chi connectivity index (χ2v) is 6.17. The third-order valence-electron chi connectivity index (χ3n) is 4.07. The molecular formula is C21H22NO4+. The second-order valence-electron chi connectivity index (χ2n) is 6.17. The summed E-state index contributed by atoms with van der Waals surface area (Å²) in [6.07, 6.45) is 3.76. The van der Waals surface area contributed by atoms with Gasteiger partial charge < -0.3 is 18.8 Å². The van der Waals surface area contributed by atoms with E-state index in [1.54, 1.807) is 38.5 Å². The van der Waals surface area contributed by atoms with Gasteiger partial charge in [0.2, 0.25) is 0 Å². The van der Waals surface area contributed by atoms with E-state index >= 15 is 0 Å². The SMILES string of the molecule is COc1ccc(C(=O)c2c(/C=C\[NH+](C)C)oc3ccc(OC)cc23)cc1. The maximum absolute atomic E-state index is 13.2. The second kappa shape index (κ2) is 7.45. The van der Waals surface area contributed by atoms with Gasteiger partial charge in [-0.25, -0.2) is 0 Å². The fourth-order valence-corrected chi connectivity index (χ4v) is 2.70. The normalized spacial score (nSPS) is 11.4. The number of hydrogen-bond acceptors (Lipinski definition) is 4. The lowest BCUT2D eigenvalue weighted by atomic mass is 10.00. The average molecular weight is 352 g/mol. The fourth-order valence-electron chi connectivity index (χ4n) is 2.70. The molecule has 0 bridgehead atoms. The maximum Gasteiger partial charge on any atom is 0.197 e. The van der Waals surface area contributed by atoms with Gasteiger partial charge in [-0.2, -0.15) is 0 Å². The molecular weight excluding hydrogens is 330 g/mol. The lowest BCUT2D eigenvalue weighted by molar-refractivity contribution is -0.800. The van der Waals surface area contributed by atoms with Gasteiger partial charge in [-0.1, -0.05) is 0 Å². The van der Waals surface area contributed by atoms with Crippen LogP contribution in [0.4, 0.5) is 0 Å². The Balaban J connectivity index is 2.16. The number of hydrogen-bond donors (Lipinski definition) is 1. The summed E-state index contributed by atoms with van der Waals surface area (Å²) in [5.41, 5.74) is 1.75. The molecule has 1 heterocycles. The topological polar surface area (TPSA) is 53.1 Å². The smallest absolute Gasteiger partial charge is 0.197 e. The summed E-state index contributed by atoms with van der Waals surface area (Å²) in [6, 6.07) is 12.5. The standard InChI is InChI=1S/C21H21NO4/c1-22(2)12-11-19-20(17-13-16(25-4)9-10-18(17)26-19)21(23)14-5-7-15(24-3)8-6-14/h5-13H,1-4H3/p+1/b12-11-. The van der Waals surface area contributed by atoms with Crippen molar-refractivity contribution in [1.29, 1.82) is 0 Å². The number of methoxy groups -OCH3 is 2. The summed E-state index contributed by atoms with van der Waals surface area (Å²) >= 11 is 0. The molecule has 0 amide bonds. The number of rotatable bonds is 6. The third kappa shape index (κ3) is 3.48. The highest BCUT2D eigenvalue weighted by atomic mass is 16.5. The molecule has 0 aliphatic rings. The third-order valence-corrected chi connectivity index (χ3v) is 4.07. The van der Waals surface area contributed by atoms with Gasteiger partial charge in [-0.05, 0) is 42.5 Å². The lowest BCUT2D eigenvalue weighted by Gasteiger charge is -2.04. The van der Waals surface area contributed by atoms with Crippen LogP contribution in [0.1, 0.15) is 21.7 Å². The zero-order valence-corrected chi connectivity index (χ0v) is 15.3. The quantitative estimate of drug-likeness (QED) is 0.693. The Labute approximate surface area is 152 Å². The highest BCUT2D eigenvalue weighted by molar-refractivity contribution is 6.18. The highest BCUT2D eigenvalue weighted by Gasteiger charge is 2.21. The number of carbonyl (C=O) groups is 1. The van der Waals surface area contributed by atoms with Gasteiger partial charge in [0.1, 0.15) is 22.8 Å². The minimum atomic E-state index is -0.104. The van der Waals surface area contributed by atoms with Crippen molar-refractivity contribution >= 4 is 22.8 Å². The predicted octanol–water partition coefficient (Wildman–Crippen LogP) is 2.80. The van der Waals surface area contributed by atoms with Crippen molar-refractivity contribution in [3.63, 3.8) is 0 Å². The van der Waals surface area contributed by atoms with Crippen LogP contribution in [-0.2, 0) is 0 Å². The van der Waals surface area contributed by atoms with Gasteiger partial charge in [0.05, 0.1) is 40.1 Å². The van der Waals surface area contributed by atoms with Crippen molar-refractivity contribution in [2.75, 3.05) is 28.3 Å². The van der Waals surface area contributed by atoms with E-state index in [9.17, 15) is 4.79 Å². The number of carbonyl (C=O) groups excluding carboxylic acids is 1. The number of furan rings is 1. The first-order valence-corrected chi connectivity index (χ1v) is 8.31. The molecule has 1 aromatic heterocycles. The zero-order chi connectivity index (χ0) is 18.7. The predicted molar refractivity (Wildman–Crippen MR) is 101 cm³/mol. The molecule has 2 aromatic carbocycles. The molecule has 0 saturated carbocycles. The Bertz CT molecular complexity index is 952. The molecule has 0 radical (unpaired) electrons. The Morgan fingerprint density at radius 2 is 1.65 bits per heavy atom. The largest absolute Gasteiger partial charge is 0.497 e. The molecule has 0 aliphatic carbocycles. The van der Waals surface area contributed by atoms with E-state index in [2.05, 4.69) is 0 Å². The molecule has 3 rings (SSSR count). The summed E-state index contributed by atoms with van der Waals surface area (Å²) < 4.78 is 16.4. The van der Waals surface area contributed by atoms with Gasteiger partial charge in [0.25, 0.3) is 0 Å². The fraction of sp³-hybridized carbons (Fsp3) is 0.190. The molecule has 0 fully saturated rings. The van der Waals surface area contributed by atoms with Crippen LogP contribution in [0.3, 0.4) is 0 Å². The zero-order valence-electron chi connectivity index (χ0n) is 15.3. The lowest BCUT2D eigenvalue weighted by Crippen LogP contribution is -3.00. The average Bonchev–Trinajstić information content (AvgIpc) is 3.03. The molecule has 0 aliphatic heterocycles. The molecule has 5 nitrogen and oxygen atoms in total. The van der Waals surface area contributed by atoms with Crippen LogP contribution in [-0.4, -0.2) is 34.1 Å². The van der Waals surface area contributed by atoms with Crippen LogP contribution in [0, 0.1) is 0 Å². The van der Waals surface area contributed by atoms with Crippen molar-refractivity contribution in [3.05, 3.63) is 65.6 Å². The number of fused-ring (bicyclic) bond motifs is 1. The van der Waals surface area contributed by atoms with Crippen molar-refractivity contribution in [2.45, 2.75) is 0 Å². The van der Waals surface area contributed by atoms with Gasteiger partial charge >= 0.3 is 0 Å². The molecule has 134 valence electrons. The number of benzene rings is 2. The minimum Gasteiger partial charge on any atom is -0.497 e. The Morgan fingerprint density at radius 3 is 2.27 bits per heavy atom. The van der Waals surface area contributed by atoms with Crippen LogP contribution >= 0.6 is 0 Å². The van der Waals surface area contributed by atoms with E-state index < -0.39 is 0 Å². The Hall–Kier alpha value is -3.05. The highest BCUT2D eigenvalue weighted by Crippen LogP contribution is 2.32. The Morgan fingerprint density at radius 1 is 1.00 bits per heavy atom. The number of nitrogens with one attached hydrogen (secondary N) is 1. The van der Waals surface area contributed by atoms with Crippen LogP contribution in [0.5, 0.6) is 11.5 Å². The molecule has 0 spiro atoms.